The monoisotopic (exact) mass is 444 g/mol. The molecule has 0 amide bonds. The normalized spacial score (nSPS) is 15.8. The summed E-state index contributed by atoms with van der Waals surface area (Å²) < 4.78 is 5.34. The van der Waals surface area contributed by atoms with Crippen molar-refractivity contribution in [2.75, 3.05) is 38.2 Å². The summed E-state index contributed by atoms with van der Waals surface area (Å²) in [6, 6.07) is 11.0. The molecule has 0 radical (unpaired) electrons. The fourth-order valence-electron chi connectivity index (χ4n) is 3.86. The molecule has 2 aromatic carbocycles. The molecule has 1 saturated heterocycles. The Morgan fingerprint density at radius 3 is 2.50 bits per heavy atom. The summed E-state index contributed by atoms with van der Waals surface area (Å²) in [5.41, 5.74) is 1.72. The molecule has 6 nitrogen and oxygen atoms in total. The van der Waals surface area contributed by atoms with Crippen molar-refractivity contribution in [1.29, 1.82) is 0 Å². The molecular weight excluding hydrogens is 423 g/mol. The molecule has 4 rings (SSSR count). The van der Waals surface area contributed by atoms with Gasteiger partial charge in [-0.1, -0.05) is 41.4 Å². The van der Waals surface area contributed by atoms with Crippen molar-refractivity contribution in [2.24, 2.45) is 0 Å². The first-order chi connectivity index (χ1) is 14.6. The fourth-order valence-corrected chi connectivity index (χ4v) is 4.16. The molecule has 1 aliphatic rings. The van der Waals surface area contributed by atoms with Gasteiger partial charge < -0.3 is 14.7 Å². The molecular formula is C22H22Cl2N4O2. The lowest BCUT2D eigenvalue weighted by Gasteiger charge is -2.40. The largest absolute Gasteiger partial charge is 0.504 e. The van der Waals surface area contributed by atoms with E-state index in [0.717, 1.165) is 43.1 Å². The van der Waals surface area contributed by atoms with E-state index in [4.69, 9.17) is 27.9 Å². The maximum absolute atomic E-state index is 10.9. The molecule has 0 saturated carbocycles. The molecule has 0 bridgehead atoms. The zero-order valence-corrected chi connectivity index (χ0v) is 18.0. The zero-order chi connectivity index (χ0) is 21.1. The van der Waals surface area contributed by atoms with Gasteiger partial charge in [0.15, 0.2) is 11.5 Å². The van der Waals surface area contributed by atoms with Crippen LogP contribution < -0.4 is 9.64 Å². The van der Waals surface area contributed by atoms with Gasteiger partial charge in [-0.2, -0.15) is 0 Å². The Bertz CT molecular complexity index is 1010. The first-order valence-corrected chi connectivity index (χ1v) is 10.4. The second kappa shape index (κ2) is 9.08. The van der Waals surface area contributed by atoms with Crippen LogP contribution in [0.2, 0.25) is 10.0 Å². The number of hydrogen-bond acceptors (Lipinski definition) is 6. The molecule has 156 valence electrons. The highest BCUT2D eigenvalue weighted by Gasteiger charge is 2.30. The predicted octanol–water partition coefficient (Wildman–Crippen LogP) is 4.41. The number of phenols is 1. The Morgan fingerprint density at radius 2 is 1.83 bits per heavy atom. The highest BCUT2D eigenvalue weighted by Crippen LogP contribution is 2.41. The molecule has 1 N–H and O–H groups in total. The molecule has 1 aromatic heterocycles. The topological polar surface area (TPSA) is 61.7 Å². The Kier molecular flexibility index (Phi) is 6.27. The van der Waals surface area contributed by atoms with Crippen molar-refractivity contribution < 1.29 is 9.84 Å². The van der Waals surface area contributed by atoms with E-state index in [0.29, 0.717) is 15.8 Å². The summed E-state index contributed by atoms with van der Waals surface area (Å²) in [4.78, 5) is 13.1. The number of ether oxygens (including phenoxy) is 1. The van der Waals surface area contributed by atoms with Gasteiger partial charge in [0.1, 0.15) is 5.82 Å². The first-order valence-electron chi connectivity index (χ1n) is 9.64. The van der Waals surface area contributed by atoms with Crippen LogP contribution in [0.3, 0.4) is 0 Å². The summed E-state index contributed by atoms with van der Waals surface area (Å²) in [5, 5.41) is 11.9. The van der Waals surface area contributed by atoms with Gasteiger partial charge in [-0.25, -0.2) is 4.98 Å². The predicted molar refractivity (Wildman–Crippen MR) is 119 cm³/mol. The summed E-state index contributed by atoms with van der Waals surface area (Å²) in [6.45, 7) is 3.14. The van der Waals surface area contributed by atoms with Crippen molar-refractivity contribution in [3.8, 4) is 11.5 Å². The maximum Gasteiger partial charge on any atom is 0.162 e. The number of rotatable bonds is 5. The van der Waals surface area contributed by atoms with E-state index in [1.165, 1.54) is 0 Å². The third kappa shape index (κ3) is 4.17. The van der Waals surface area contributed by atoms with E-state index >= 15 is 0 Å². The van der Waals surface area contributed by atoms with Gasteiger partial charge in [-0.15, -0.1) is 0 Å². The average molecular weight is 445 g/mol. The second-order valence-electron chi connectivity index (χ2n) is 7.06. The van der Waals surface area contributed by atoms with Crippen LogP contribution in [-0.2, 0) is 0 Å². The van der Waals surface area contributed by atoms with Gasteiger partial charge in [0.05, 0.1) is 29.4 Å². The van der Waals surface area contributed by atoms with E-state index in [9.17, 15) is 5.11 Å². The second-order valence-corrected chi connectivity index (χ2v) is 7.88. The first kappa shape index (κ1) is 20.7. The van der Waals surface area contributed by atoms with E-state index in [-0.39, 0.29) is 11.8 Å². The van der Waals surface area contributed by atoms with Crippen molar-refractivity contribution in [2.45, 2.75) is 6.04 Å². The van der Waals surface area contributed by atoms with Crippen molar-refractivity contribution in [3.05, 3.63) is 76.2 Å². The summed E-state index contributed by atoms with van der Waals surface area (Å²) in [5.74, 6) is 1.44. The lowest BCUT2D eigenvalue weighted by atomic mass is 9.95. The lowest BCUT2D eigenvalue weighted by molar-refractivity contribution is 0.208. The summed E-state index contributed by atoms with van der Waals surface area (Å²) >= 11 is 12.5. The molecule has 8 heteroatoms. The Hall–Kier alpha value is -2.54. The quantitative estimate of drug-likeness (QED) is 0.628. The number of phenolic OH excluding ortho intramolecular Hbond substituents is 1. The molecule has 0 aliphatic carbocycles. The Morgan fingerprint density at radius 1 is 1.03 bits per heavy atom. The number of nitrogens with zero attached hydrogens (tertiary/aromatic N) is 4. The van der Waals surface area contributed by atoms with Gasteiger partial charge in [0.2, 0.25) is 0 Å². The van der Waals surface area contributed by atoms with E-state index < -0.39 is 0 Å². The number of para-hydroxylation sites is 1. The summed E-state index contributed by atoms with van der Waals surface area (Å²) in [6.07, 6.45) is 5.15. The van der Waals surface area contributed by atoms with Crippen LogP contribution in [0.5, 0.6) is 11.5 Å². The van der Waals surface area contributed by atoms with Gasteiger partial charge in [-0.05, 0) is 23.8 Å². The van der Waals surface area contributed by atoms with Gasteiger partial charge in [0, 0.05) is 44.1 Å². The van der Waals surface area contributed by atoms with Crippen LogP contribution >= 0.6 is 23.2 Å². The zero-order valence-electron chi connectivity index (χ0n) is 16.5. The number of hydrogen-bond donors (Lipinski definition) is 1. The van der Waals surface area contributed by atoms with Crippen LogP contribution in [0.4, 0.5) is 5.82 Å². The Balaban J connectivity index is 1.67. The van der Waals surface area contributed by atoms with Crippen LogP contribution in [0.25, 0.3) is 0 Å². The molecule has 1 atom stereocenters. The van der Waals surface area contributed by atoms with Gasteiger partial charge >= 0.3 is 0 Å². The van der Waals surface area contributed by atoms with Crippen LogP contribution in [0.1, 0.15) is 17.2 Å². The molecule has 3 aromatic rings. The molecule has 1 fully saturated rings. The molecule has 30 heavy (non-hydrogen) atoms. The van der Waals surface area contributed by atoms with E-state index in [1.54, 1.807) is 37.8 Å². The number of methoxy groups -OCH3 is 1. The van der Waals surface area contributed by atoms with Gasteiger partial charge in [-0.3, -0.25) is 9.88 Å². The maximum atomic E-state index is 10.9. The molecule has 0 spiro atoms. The van der Waals surface area contributed by atoms with Crippen LogP contribution in [0, 0.1) is 0 Å². The number of benzene rings is 2. The van der Waals surface area contributed by atoms with Crippen LogP contribution in [-0.4, -0.2) is 53.3 Å². The number of aromatic hydroxyl groups is 1. The highest BCUT2D eigenvalue weighted by atomic mass is 35.5. The minimum Gasteiger partial charge on any atom is -0.504 e. The lowest BCUT2D eigenvalue weighted by Crippen LogP contribution is -2.48. The summed E-state index contributed by atoms with van der Waals surface area (Å²) in [7, 11) is 1.55. The number of aromatic nitrogens is 2. The molecule has 1 aliphatic heterocycles. The third-order valence-electron chi connectivity index (χ3n) is 5.36. The average Bonchev–Trinajstić information content (AvgIpc) is 2.78. The van der Waals surface area contributed by atoms with Gasteiger partial charge in [0.25, 0.3) is 0 Å². The van der Waals surface area contributed by atoms with Crippen molar-refractivity contribution in [1.82, 2.24) is 14.9 Å². The third-order valence-corrected chi connectivity index (χ3v) is 6.10. The number of piperazine rings is 1. The highest BCUT2D eigenvalue weighted by molar-refractivity contribution is 6.42. The SMILES string of the molecule is COc1cccc(C(c2ccc(Cl)c(Cl)c2)N2CCN(c3cnccn3)CC2)c1O. The smallest absolute Gasteiger partial charge is 0.162 e. The van der Waals surface area contributed by atoms with E-state index in [2.05, 4.69) is 19.8 Å². The standard InChI is InChI=1S/C22H22Cl2N4O2/c1-30-19-4-2-3-16(22(19)29)21(15-5-6-17(23)18(24)13-15)28-11-9-27(10-12-28)20-14-25-7-8-26-20/h2-8,13-14,21,29H,9-12H2,1H3. The molecule has 2 heterocycles. The van der Waals surface area contributed by atoms with E-state index in [1.807, 2.05) is 24.3 Å². The number of anilines is 1. The minimum absolute atomic E-state index is 0.132. The Labute approximate surface area is 185 Å². The van der Waals surface area contributed by atoms with Crippen LogP contribution in [0.15, 0.2) is 55.0 Å². The number of halogens is 2. The molecule has 1 unspecified atom stereocenters. The minimum atomic E-state index is -0.195. The van der Waals surface area contributed by atoms with Crippen molar-refractivity contribution >= 4 is 29.0 Å². The fraction of sp³-hybridized carbons (Fsp3) is 0.273. The van der Waals surface area contributed by atoms with Crippen molar-refractivity contribution in [3.63, 3.8) is 0 Å².